The molecule has 0 saturated carbocycles. The van der Waals surface area contributed by atoms with Gasteiger partial charge in [0.2, 0.25) is 5.78 Å². The van der Waals surface area contributed by atoms with E-state index in [1.54, 1.807) is 24.7 Å². The van der Waals surface area contributed by atoms with Gasteiger partial charge in [-0.25, -0.2) is 9.78 Å². The van der Waals surface area contributed by atoms with E-state index in [0.29, 0.717) is 32.8 Å². The highest BCUT2D eigenvalue weighted by Gasteiger charge is 2.24. The molecule has 4 heterocycles. The van der Waals surface area contributed by atoms with Gasteiger partial charge in [-0.15, -0.1) is 11.3 Å². The first kappa shape index (κ1) is 16.6. The van der Waals surface area contributed by atoms with Crippen molar-refractivity contribution in [3.05, 3.63) is 44.6 Å². The second kappa shape index (κ2) is 6.17. The number of esters is 1. The minimum absolute atomic E-state index is 0.110. The van der Waals surface area contributed by atoms with Gasteiger partial charge in [0.1, 0.15) is 15.5 Å². The van der Waals surface area contributed by atoms with Gasteiger partial charge < -0.3 is 4.74 Å². The molecule has 3 aromatic rings. The number of fused-ring (bicyclic) bond motifs is 2. The lowest BCUT2D eigenvalue weighted by Crippen LogP contribution is -2.20. The van der Waals surface area contributed by atoms with Crippen LogP contribution in [0.25, 0.3) is 10.2 Å². The Morgan fingerprint density at radius 3 is 2.92 bits per heavy atom. The Morgan fingerprint density at radius 1 is 1.38 bits per heavy atom. The molecule has 4 rings (SSSR count). The number of hydrogen-bond donors (Lipinski definition) is 0. The van der Waals surface area contributed by atoms with Crippen LogP contribution in [0.2, 0.25) is 0 Å². The Labute approximate surface area is 152 Å². The van der Waals surface area contributed by atoms with E-state index >= 15 is 0 Å². The highest BCUT2D eigenvalue weighted by molar-refractivity contribution is 7.20. The molecule has 8 nitrogen and oxygen atoms in total. The van der Waals surface area contributed by atoms with Crippen LogP contribution in [-0.2, 0) is 24.8 Å². The number of ether oxygens (including phenoxy) is 1. The van der Waals surface area contributed by atoms with E-state index in [4.69, 9.17) is 4.74 Å². The van der Waals surface area contributed by atoms with Gasteiger partial charge in [0.05, 0.1) is 17.1 Å². The van der Waals surface area contributed by atoms with Crippen LogP contribution in [0.1, 0.15) is 37.8 Å². The number of hydrogen-bond acceptors (Lipinski definition) is 7. The fourth-order valence-corrected chi connectivity index (χ4v) is 4.20. The van der Waals surface area contributed by atoms with Crippen molar-refractivity contribution in [2.24, 2.45) is 7.05 Å². The number of carbonyl (C=O) groups excluding carboxylic acids is 2. The third-order valence-electron chi connectivity index (χ3n) is 4.46. The van der Waals surface area contributed by atoms with Crippen LogP contribution in [-0.4, -0.2) is 37.7 Å². The molecule has 0 spiro atoms. The number of nitrogens with zero attached hydrogens (tertiary/aromatic N) is 4. The topological polar surface area (TPSA) is 96.1 Å². The zero-order valence-corrected chi connectivity index (χ0v) is 15.1. The van der Waals surface area contributed by atoms with Gasteiger partial charge in [0, 0.05) is 26.2 Å². The third kappa shape index (κ3) is 2.64. The zero-order valence-electron chi connectivity index (χ0n) is 14.3. The van der Waals surface area contributed by atoms with Gasteiger partial charge in [-0.2, -0.15) is 5.10 Å². The van der Waals surface area contributed by atoms with Gasteiger partial charge in [-0.3, -0.25) is 18.8 Å². The van der Waals surface area contributed by atoms with Crippen molar-refractivity contribution < 1.29 is 14.3 Å². The quantitative estimate of drug-likeness (QED) is 0.508. The summed E-state index contributed by atoms with van der Waals surface area (Å²) in [6, 6.07) is 0. The fourth-order valence-electron chi connectivity index (χ4n) is 3.12. The third-order valence-corrected chi connectivity index (χ3v) is 5.62. The molecule has 0 saturated heterocycles. The molecule has 0 aliphatic carbocycles. The number of aromatic nitrogens is 4. The summed E-state index contributed by atoms with van der Waals surface area (Å²) in [5.74, 6) is -0.190. The van der Waals surface area contributed by atoms with Gasteiger partial charge in [0.25, 0.3) is 5.56 Å². The Bertz CT molecular complexity index is 1110. The van der Waals surface area contributed by atoms with Crippen molar-refractivity contribution >= 4 is 33.3 Å². The summed E-state index contributed by atoms with van der Waals surface area (Å²) >= 11 is 1.14. The Kier molecular flexibility index (Phi) is 3.95. The summed E-state index contributed by atoms with van der Waals surface area (Å²) in [4.78, 5) is 42.5. The average Bonchev–Trinajstić information content (AvgIpc) is 3.32. The van der Waals surface area contributed by atoms with Gasteiger partial charge in [-0.05, 0) is 18.9 Å². The standard InChI is InChI=1S/C17H16N4O4S/c1-9-13-15(19-12-4-3-5-21(12)16(13)23)26-14(9)17(24)25-8-11(22)10-6-18-20(2)7-10/h6-7H,3-5,8H2,1-2H3. The molecule has 9 heteroatoms. The molecule has 0 radical (unpaired) electrons. The minimum atomic E-state index is -0.618. The van der Waals surface area contributed by atoms with Crippen LogP contribution in [0.15, 0.2) is 17.2 Å². The Morgan fingerprint density at radius 2 is 2.19 bits per heavy atom. The summed E-state index contributed by atoms with van der Waals surface area (Å²) in [7, 11) is 1.70. The number of thiophene rings is 1. The van der Waals surface area contributed by atoms with Crippen molar-refractivity contribution in [1.29, 1.82) is 0 Å². The molecule has 0 fully saturated rings. The van der Waals surface area contributed by atoms with Crippen LogP contribution in [0, 0.1) is 6.92 Å². The summed E-state index contributed by atoms with van der Waals surface area (Å²) in [5, 5.41) is 4.38. The van der Waals surface area contributed by atoms with E-state index in [0.717, 1.165) is 30.0 Å². The van der Waals surface area contributed by atoms with Gasteiger partial charge in [-0.1, -0.05) is 0 Å². The molecular weight excluding hydrogens is 356 g/mol. The first-order chi connectivity index (χ1) is 12.5. The smallest absolute Gasteiger partial charge is 0.349 e. The Hall–Kier alpha value is -2.81. The molecule has 26 heavy (non-hydrogen) atoms. The van der Waals surface area contributed by atoms with E-state index in [9.17, 15) is 14.4 Å². The normalized spacial score (nSPS) is 13.2. The van der Waals surface area contributed by atoms with Crippen molar-refractivity contribution in [3.63, 3.8) is 0 Å². The average molecular weight is 372 g/mol. The van der Waals surface area contributed by atoms with E-state index in [-0.39, 0.29) is 17.9 Å². The maximum Gasteiger partial charge on any atom is 0.349 e. The molecule has 1 aliphatic heterocycles. The number of ketones is 1. The van der Waals surface area contributed by atoms with Crippen molar-refractivity contribution in [2.45, 2.75) is 26.3 Å². The highest BCUT2D eigenvalue weighted by Crippen LogP contribution is 2.29. The monoisotopic (exact) mass is 372 g/mol. The van der Waals surface area contributed by atoms with Crippen LogP contribution < -0.4 is 5.56 Å². The summed E-state index contributed by atoms with van der Waals surface area (Å²) in [6.45, 7) is 2.00. The lowest BCUT2D eigenvalue weighted by molar-refractivity contribution is 0.0479. The first-order valence-electron chi connectivity index (χ1n) is 8.17. The van der Waals surface area contributed by atoms with Crippen LogP contribution in [0.4, 0.5) is 0 Å². The molecule has 1 aliphatic rings. The van der Waals surface area contributed by atoms with Crippen LogP contribution in [0.3, 0.4) is 0 Å². The molecule has 0 unspecified atom stereocenters. The second-order valence-electron chi connectivity index (χ2n) is 6.23. The SMILES string of the molecule is Cc1c(C(=O)OCC(=O)c2cnn(C)c2)sc2nc3n(c(=O)c12)CCC3. The maximum absolute atomic E-state index is 12.6. The second-order valence-corrected chi connectivity index (χ2v) is 7.23. The molecule has 0 amide bonds. The predicted octanol–water partition coefficient (Wildman–Crippen LogP) is 1.49. The molecule has 0 atom stereocenters. The molecule has 0 bridgehead atoms. The lowest BCUT2D eigenvalue weighted by atomic mass is 10.2. The summed E-state index contributed by atoms with van der Waals surface area (Å²) < 4.78 is 8.33. The first-order valence-corrected chi connectivity index (χ1v) is 8.99. The zero-order chi connectivity index (χ0) is 18.4. The molecule has 0 N–H and O–H groups in total. The largest absolute Gasteiger partial charge is 0.453 e. The van der Waals surface area contributed by atoms with Crippen LogP contribution in [0.5, 0.6) is 0 Å². The molecular formula is C17H16N4O4S. The Balaban J connectivity index is 1.59. The van der Waals surface area contributed by atoms with Crippen molar-refractivity contribution in [2.75, 3.05) is 6.61 Å². The van der Waals surface area contributed by atoms with Gasteiger partial charge in [0.15, 0.2) is 6.61 Å². The fraction of sp³-hybridized carbons (Fsp3) is 0.353. The van der Waals surface area contributed by atoms with Crippen LogP contribution >= 0.6 is 11.3 Å². The van der Waals surface area contributed by atoms with E-state index in [1.165, 1.54) is 10.9 Å². The number of carbonyl (C=O) groups is 2. The van der Waals surface area contributed by atoms with Crippen molar-refractivity contribution in [1.82, 2.24) is 19.3 Å². The minimum Gasteiger partial charge on any atom is -0.453 e. The van der Waals surface area contributed by atoms with E-state index in [1.807, 2.05) is 0 Å². The predicted molar refractivity (Wildman–Crippen MR) is 94.8 cm³/mol. The van der Waals surface area contributed by atoms with Crippen molar-refractivity contribution in [3.8, 4) is 0 Å². The number of rotatable bonds is 4. The highest BCUT2D eigenvalue weighted by atomic mass is 32.1. The van der Waals surface area contributed by atoms with E-state index < -0.39 is 5.97 Å². The maximum atomic E-state index is 12.6. The van der Waals surface area contributed by atoms with Gasteiger partial charge >= 0.3 is 5.97 Å². The number of Topliss-reactive ketones (excluding diaryl/α,β-unsaturated/α-hetero) is 1. The number of aryl methyl sites for hydroxylation is 3. The lowest BCUT2D eigenvalue weighted by Gasteiger charge is -2.03. The molecule has 3 aromatic heterocycles. The summed E-state index contributed by atoms with van der Waals surface area (Å²) in [5.41, 5.74) is 0.829. The van der Waals surface area contributed by atoms with E-state index in [2.05, 4.69) is 10.1 Å². The molecule has 0 aromatic carbocycles. The summed E-state index contributed by atoms with van der Waals surface area (Å²) in [6.07, 6.45) is 4.66. The molecule has 134 valence electrons.